The summed E-state index contributed by atoms with van der Waals surface area (Å²) in [6.07, 6.45) is 76.5. The van der Waals surface area contributed by atoms with Crippen LogP contribution in [0.3, 0.4) is 0 Å². The average molecular weight is 958 g/mol. The van der Waals surface area contributed by atoms with Crippen LogP contribution in [0.5, 0.6) is 0 Å². The van der Waals surface area contributed by atoms with Gasteiger partial charge in [-0.2, -0.15) is 0 Å². The third-order valence-corrected chi connectivity index (χ3v) is 11.7. The number of ether oxygens (including phenoxy) is 3. The molecule has 0 heterocycles. The van der Waals surface area contributed by atoms with Crippen LogP contribution >= 0.6 is 0 Å². The highest BCUT2D eigenvalue weighted by Gasteiger charge is 2.19. The molecule has 0 rings (SSSR count). The van der Waals surface area contributed by atoms with Crippen molar-refractivity contribution in [3.8, 4) is 0 Å². The van der Waals surface area contributed by atoms with Gasteiger partial charge in [-0.15, -0.1) is 0 Å². The third-order valence-electron chi connectivity index (χ3n) is 11.7. The number of allylic oxidation sites excluding steroid dienone is 18. The molecule has 0 saturated carbocycles. The molecule has 0 aromatic rings. The van der Waals surface area contributed by atoms with E-state index in [0.29, 0.717) is 12.8 Å². The van der Waals surface area contributed by atoms with Gasteiger partial charge in [0.15, 0.2) is 6.10 Å². The van der Waals surface area contributed by atoms with Crippen molar-refractivity contribution in [3.05, 3.63) is 109 Å². The largest absolute Gasteiger partial charge is 0.462 e. The summed E-state index contributed by atoms with van der Waals surface area (Å²) in [7, 11) is 0. The van der Waals surface area contributed by atoms with E-state index in [-0.39, 0.29) is 44.0 Å². The molecule has 0 fully saturated rings. The smallest absolute Gasteiger partial charge is 0.306 e. The van der Waals surface area contributed by atoms with Crippen LogP contribution in [0.15, 0.2) is 109 Å². The minimum absolute atomic E-state index is 0.116. The van der Waals surface area contributed by atoms with Gasteiger partial charge >= 0.3 is 17.9 Å². The summed E-state index contributed by atoms with van der Waals surface area (Å²) in [4.78, 5) is 38.1. The highest BCUT2D eigenvalue weighted by Crippen LogP contribution is 2.13. The van der Waals surface area contributed by atoms with Crippen molar-refractivity contribution in [2.45, 2.75) is 258 Å². The van der Waals surface area contributed by atoms with Crippen LogP contribution in [0.4, 0.5) is 0 Å². The van der Waals surface area contributed by atoms with E-state index in [1.807, 2.05) is 6.08 Å². The second kappa shape index (κ2) is 56.7. The van der Waals surface area contributed by atoms with Crippen LogP contribution in [-0.4, -0.2) is 37.2 Å². The van der Waals surface area contributed by atoms with E-state index in [9.17, 15) is 14.4 Å². The van der Waals surface area contributed by atoms with Crippen molar-refractivity contribution in [1.29, 1.82) is 0 Å². The number of rotatable bonds is 50. The van der Waals surface area contributed by atoms with Crippen molar-refractivity contribution in [2.24, 2.45) is 0 Å². The van der Waals surface area contributed by atoms with Crippen LogP contribution in [0, 0.1) is 0 Å². The topological polar surface area (TPSA) is 78.9 Å². The van der Waals surface area contributed by atoms with Crippen molar-refractivity contribution in [2.75, 3.05) is 13.2 Å². The minimum Gasteiger partial charge on any atom is -0.462 e. The summed E-state index contributed by atoms with van der Waals surface area (Å²) in [5.41, 5.74) is 0. The molecule has 0 unspecified atom stereocenters. The van der Waals surface area contributed by atoms with Gasteiger partial charge in [0.25, 0.3) is 0 Å². The fourth-order valence-corrected chi connectivity index (χ4v) is 7.43. The highest BCUT2D eigenvalue weighted by atomic mass is 16.6. The lowest BCUT2D eigenvalue weighted by atomic mass is 10.1. The maximum Gasteiger partial charge on any atom is 0.306 e. The molecule has 0 saturated heterocycles. The van der Waals surface area contributed by atoms with Gasteiger partial charge in [0.2, 0.25) is 0 Å². The van der Waals surface area contributed by atoms with Gasteiger partial charge in [-0.25, -0.2) is 0 Å². The Morgan fingerprint density at radius 2 is 0.551 bits per heavy atom. The van der Waals surface area contributed by atoms with Crippen LogP contribution in [0.25, 0.3) is 0 Å². The molecule has 6 heteroatoms. The molecule has 6 nitrogen and oxygen atoms in total. The first kappa shape index (κ1) is 65.1. The summed E-state index contributed by atoms with van der Waals surface area (Å²) in [6.45, 7) is 6.49. The third kappa shape index (κ3) is 54.9. The molecule has 0 aromatic heterocycles. The molecule has 0 aromatic carbocycles. The molecule has 0 spiro atoms. The standard InChI is InChI=1S/C63H104O6/c1-4-7-10-13-16-19-22-25-28-30-31-33-35-38-41-44-47-50-53-56-62(65)68-59-60(58-67-61(64)55-52-49-46-43-40-37-34-27-24-21-18-15-12-9-6-3)69-63(66)57-54-51-48-45-42-39-36-32-29-26-23-20-17-14-11-8-5-2/h16-17,19-20,25-29,31,33-34,36,38-39,41,47,50,60H,4-15,18,21-24,30,32,35,37,40,42-46,48-49,51-59H2,1-3H3/b19-16-,20-17-,28-25-,29-26-,33-31-,34-27-,39-36-,41-38-,50-47-/t60-/m0/s1. The average Bonchev–Trinajstić information content (AvgIpc) is 3.35. The van der Waals surface area contributed by atoms with E-state index < -0.39 is 6.10 Å². The summed E-state index contributed by atoms with van der Waals surface area (Å²) < 4.78 is 16.8. The summed E-state index contributed by atoms with van der Waals surface area (Å²) >= 11 is 0. The Morgan fingerprint density at radius 3 is 0.942 bits per heavy atom. The number of hydrogen-bond donors (Lipinski definition) is 0. The monoisotopic (exact) mass is 957 g/mol. The van der Waals surface area contributed by atoms with Crippen molar-refractivity contribution in [3.63, 3.8) is 0 Å². The zero-order chi connectivity index (χ0) is 50.0. The molecule has 0 aliphatic heterocycles. The zero-order valence-corrected chi connectivity index (χ0v) is 44.8. The van der Waals surface area contributed by atoms with Crippen LogP contribution in [0.1, 0.15) is 252 Å². The second-order valence-electron chi connectivity index (χ2n) is 18.5. The van der Waals surface area contributed by atoms with E-state index in [2.05, 4.69) is 124 Å². The van der Waals surface area contributed by atoms with E-state index in [1.54, 1.807) is 0 Å². The molecule has 392 valence electrons. The van der Waals surface area contributed by atoms with Gasteiger partial charge in [-0.1, -0.05) is 220 Å². The predicted molar refractivity (Wildman–Crippen MR) is 297 cm³/mol. The Balaban J connectivity index is 4.56. The van der Waals surface area contributed by atoms with Crippen LogP contribution in [0.2, 0.25) is 0 Å². The quantitative estimate of drug-likeness (QED) is 0.0262. The number of carbonyl (C=O) groups excluding carboxylic acids is 3. The Kier molecular flexibility index (Phi) is 53.4. The van der Waals surface area contributed by atoms with Gasteiger partial charge in [0.1, 0.15) is 13.2 Å². The molecule has 0 aliphatic rings. The van der Waals surface area contributed by atoms with E-state index in [0.717, 1.165) is 103 Å². The number of unbranched alkanes of at least 4 members (excludes halogenated alkanes) is 21. The molecule has 1 atom stereocenters. The molecule has 0 N–H and O–H groups in total. The molecule has 0 bridgehead atoms. The molecular weight excluding hydrogens is 853 g/mol. The van der Waals surface area contributed by atoms with Crippen molar-refractivity contribution < 1.29 is 28.6 Å². The first-order valence-electron chi connectivity index (χ1n) is 28.4. The SMILES string of the molecule is CCCCC/C=C\C/C=C\C/C=C\C/C=C\C/C=C\CCC(=O)OC[C@H](COC(=O)CCCCCCC/C=C\CCCCCCCC)OC(=O)CCCCCC/C=C\C/C=C\C/C=C\CCCCC. The Bertz CT molecular complexity index is 1420. The lowest BCUT2D eigenvalue weighted by molar-refractivity contribution is -0.166. The van der Waals surface area contributed by atoms with Gasteiger partial charge in [0, 0.05) is 19.3 Å². The number of carbonyl (C=O) groups is 3. The Morgan fingerprint density at radius 1 is 0.290 bits per heavy atom. The fraction of sp³-hybridized carbons (Fsp3) is 0.667. The first-order valence-corrected chi connectivity index (χ1v) is 28.4. The lowest BCUT2D eigenvalue weighted by Gasteiger charge is -2.18. The minimum atomic E-state index is -0.825. The predicted octanol–water partition coefficient (Wildman–Crippen LogP) is 19.1. The zero-order valence-electron chi connectivity index (χ0n) is 44.8. The van der Waals surface area contributed by atoms with Crippen molar-refractivity contribution in [1.82, 2.24) is 0 Å². The van der Waals surface area contributed by atoms with Crippen molar-refractivity contribution >= 4 is 17.9 Å². The molecule has 0 aliphatic carbocycles. The summed E-state index contributed by atoms with van der Waals surface area (Å²) in [5, 5.41) is 0. The first-order chi connectivity index (χ1) is 34.0. The number of esters is 3. The van der Waals surface area contributed by atoms with E-state index >= 15 is 0 Å². The Hall–Kier alpha value is -3.93. The second-order valence-corrected chi connectivity index (χ2v) is 18.5. The maximum atomic E-state index is 12.8. The Labute approximate surface area is 425 Å². The van der Waals surface area contributed by atoms with E-state index in [1.165, 1.54) is 103 Å². The van der Waals surface area contributed by atoms with Gasteiger partial charge < -0.3 is 14.2 Å². The van der Waals surface area contributed by atoms with Gasteiger partial charge in [0.05, 0.1) is 0 Å². The maximum absolute atomic E-state index is 12.8. The fourth-order valence-electron chi connectivity index (χ4n) is 7.43. The van der Waals surface area contributed by atoms with Crippen LogP contribution in [-0.2, 0) is 28.6 Å². The molecule has 0 radical (unpaired) electrons. The summed E-state index contributed by atoms with van der Waals surface area (Å²) in [6, 6.07) is 0. The number of hydrogen-bond acceptors (Lipinski definition) is 6. The van der Waals surface area contributed by atoms with Crippen LogP contribution < -0.4 is 0 Å². The molecule has 69 heavy (non-hydrogen) atoms. The van der Waals surface area contributed by atoms with E-state index in [4.69, 9.17) is 14.2 Å². The normalized spacial score (nSPS) is 12.9. The summed E-state index contributed by atoms with van der Waals surface area (Å²) in [5.74, 6) is -1.03. The van der Waals surface area contributed by atoms with Gasteiger partial charge in [-0.05, 0) is 122 Å². The lowest BCUT2D eigenvalue weighted by Crippen LogP contribution is -2.30. The molecule has 0 amide bonds. The highest BCUT2D eigenvalue weighted by molar-refractivity contribution is 5.71. The molecular formula is C63H104O6. The van der Waals surface area contributed by atoms with Gasteiger partial charge in [-0.3, -0.25) is 14.4 Å².